The molecule has 1 aromatic rings. The first kappa shape index (κ1) is 12.7. The van der Waals surface area contributed by atoms with Gasteiger partial charge in [0.05, 0.1) is 6.10 Å². The second kappa shape index (κ2) is 5.12. The van der Waals surface area contributed by atoms with E-state index in [-0.39, 0.29) is 16.8 Å². The fraction of sp³-hybridized carbons (Fsp3) is 0.636. The molecule has 0 aliphatic rings. The van der Waals surface area contributed by atoms with Crippen LogP contribution in [0.5, 0.6) is 0 Å². The zero-order chi connectivity index (χ0) is 12.2. The maximum Gasteiger partial charge on any atom is 0.290 e. The monoisotopic (exact) mass is 225 g/mol. The second-order valence-electron chi connectivity index (χ2n) is 5.07. The molecule has 0 radical (unpaired) electrons. The summed E-state index contributed by atoms with van der Waals surface area (Å²) < 4.78 is 0. The van der Waals surface area contributed by atoms with Gasteiger partial charge in [-0.05, 0) is 11.8 Å². The van der Waals surface area contributed by atoms with Gasteiger partial charge in [0.15, 0.2) is 5.82 Å². The molecular formula is C11H19N3O2. The number of hydrogen-bond donors (Lipinski definition) is 3. The number of anilines is 1. The van der Waals surface area contributed by atoms with Crippen LogP contribution in [0.3, 0.4) is 0 Å². The van der Waals surface area contributed by atoms with E-state index in [9.17, 15) is 9.90 Å². The summed E-state index contributed by atoms with van der Waals surface area (Å²) in [6.45, 7) is 6.51. The van der Waals surface area contributed by atoms with E-state index in [1.54, 1.807) is 0 Å². The lowest BCUT2D eigenvalue weighted by molar-refractivity contribution is 0.132. The van der Waals surface area contributed by atoms with Crippen molar-refractivity contribution in [2.45, 2.75) is 33.3 Å². The fourth-order valence-corrected chi connectivity index (χ4v) is 1.47. The summed E-state index contributed by atoms with van der Waals surface area (Å²) in [5.41, 5.74) is -0.206. The van der Waals surface area contributed by atoms with Crippen molar-refractivity contribution in [2.75, 3.05) is 11.9 Å². The fourth-order valence-electron chi connectivity index (χ4n) is 1.47. The first-order chi connectivity index (χ1) is 7.38. The van der Waals surface area contributed by atoms with Crippen molar-refractivity contribution < 1.29 is 5.11 Å². The molecule has 1 atom stereocenters. The first-order valence-electron chi connectivity index (χ1n) is 5.34. The lowest BCUT2D eigenvalue weighted by atomic mass is 9.89. The van der Waals surface area contributed by atoms with Crippen LogP contribution in [0.1, 0.15) is 27.2 Å². The van der Waals surface area contributed by atoms with Crippen LogP contribution in [0.15, 0.2) is 17.2 Å². The quantitative estimate of drug-likeness (QED) is 0.713. The molecule has 0 fully saturated rings. The first-order valence-corrected chi connectivity index (χ1v) is 5.34. The molecule has 1 heterocycles. The van der Waals surface area contributed by atoms with Gasteiger partial charge < -0.3 is 15.4 Å². The maximum absolute atomic E-state index is 11.3. The molecular weight excluding hydrogens is 206 g/mol. The molecule has 3 N–H and O–H groups in total. The van der Waals surface area contributed by atoms with Gasteiger partial charge in [0.2, 0.25) is 0 Å². The third-order valence-electron chi connectivity index (χ3n) is 2.06. The molecule has 1 aromatic heterocycles. The largest absolute Gasteiger partial charge is 0.391 e. The summed E-state index contributed by atoms with van der Waals surface area (Å²) in [6, 6.07) is 0. The second-order valence-corrected chi connectivity index (χ2v) is 5.07. The Labute approximate surface area is 94.9 Å². The molecule has 0 bridgehead atoms. The normalized spacial score (nSPS) is 13.5. The van der Waals surface area contributed by atoms with Gasteiger partial charge >= 0.3 is 0 Å². The molecule has 5 heteroatoms. The minimum absolute atomic E-state index is 0.0671. The van der Waals surface area contributed by atoms with Gasteiger partial charge in [-0.3, -0.25) is 4.79 Å². The Kier molecular flexibility index (Phi) is 4.06. The molecule has 0 amide bonds. The van der Waals surface area contributed by atoms with E-state index in [0.717, 1.165) is 0 Å². The molecule has 5 nitrogen and oxygen atoms in total. The molecule has 0 aromatic carbocycles. The van der Waals surface area contributed by atoms with Crippen molar-refractivity contribution >= 4 is 5.82 Å². The maximum atomic E-state index is 11.3. The Morgan fingerprint density at radius 2 is 2.25 bits per heavy atom. The molecule has 1 unspecified atom stereocenters. The van der Waals surface area contributed by atoms with Gasteiger partial charge in [0.25, 0.3) is 5.56 Å². The van der Waals surface area contributed by atoms with Gasteiger partial charge in [-0.15, -0.1) is 0 Å². The highest BCUT2D eigenvalue weighted by Gasteiger charge is 2.16. The number of aromatic nitrogens is 2. The smallest absolute Gasteiger partial charge is 0.290 e. The Hall–Kier alpha value is -1.36. The number of aliphatic hydroxyl groups excluding tert-OH is 1. The minimum atomic E-state index is -0.485. The topological polar surface area (TPSA) is 78.0 Å². The third kappa shape index (κ3) is 4.44. The van der Waals surface area contributed by atoms with E-state index in [1.807, 2.05) is 0 Å². The van der Waals surface area contributed by atoms with Crippen LogP contribution in [-0.2, 0) is 0 Å². The highest BCUT2D eigenvalue weighted by molar-refractivity contribution is 5.29. The predicted octanol–water partition coefficient (Wildman–Crippen LogP) is 0.979. The van der Waals surface area contributed by atoms with Crippen LogP contribution in [0, 0.1) is 5.41 Å². The third-order valence-corrected chi connectivity index (χ3v) is 2.06. The molecule has 1 rings (SSSR count). The number of rotatable bonds is 4. The van der Waals surface area contributed by atoms with Crippen LogP contribution < -0.4 is 10.9 Å². The lowest BCUT2D eigenvalue weighted by Gasteiger charge is -2.22. The Morgan fingerprint density at radius 1 is 1.56 bits per heavy atom. The Balaban J connectivity index is 2.47. The summed E-state index contributed by atoms with van der Waals surface area (Å²) in [4.78, 5) is 17.6. The highest BCUT2D eigenvalue weighted by atomic mass is 16.3. The van der Waals surface area contributed by atoms with Crippen LogP contribution in [-0.4, -0.2) is 27.7 Å². The Morgan fingerprint density at radius 3 is 2.81 bits per heavy atom. The van der Waals surface area contributed by atoms with Crippen molar-refractivity contribution in [2.24, 2.45) is 5.41 Å². The summed E-state index contributed by atoms with van der Waals surface area (Å²) in [5, 5.41) is 12.6. The van der Waals surface area contributed by atoms with Crippen LogP contribution >= 0.6 is 0 Å². The average molecular weight is 225 g/mol. The lowest BCUT2D eigenvalue weighted by Crippen LogP contribution is -2.27. The van der Waals surface area contributed by atoms with Crippen molar-refractivity contribution in [3.8, 4) is 0 Å². The van der Waals surface area contributed by atoms with Gasteiger partial charge in [-0.25, -0.2) is 4.98 Å². The molecule has 0 aliphatic heterocycles. The molecule has 0 aliphatic carbocycles. The molecule has 0 saturated heterocycles. The summed E-state index contributed by atoms with van der Waals surface area (Å²) >= 11 is 0. The standard InChI is InChI=1S/C11H19N3O2/c1-11(2,3)6-8(15)7-14-9-10(16)13-5-4-12-9/h4-5,8,15H,6-7H2,1-3H3,(H,12,14)(H,13,16). The van der Waals surface area contributed by atoms with Crippen molar-refractivity contribution in [3.05, 3.63) is 22.7 Å². The molecule has 90 valence electrons. The number of aromatic amines is 1. The number of H-pyrrole nitrogens is 1. The van der Waals surface area contributed by atoms with E-state index in [0.29, 0.717) is 13.0 Å². The number of nitrogens with zero attached hydrogens (tertiary/aromatic N) is 1. The van der Waals surface area contributed by atoms with Gasteiger partial charge in [0, 0.05) is 18.9 Å². The van der Waals surface area contributed by atoms with E-state index in [4.69, 9.17) is 0 Å². The molecule has 0 saturated carbocycles. The summed E-state index contributed by atoms with van der Waals surface area (Å²) in [5.74, 6) is 0.246. The zero-order valence-electron chi connectivity index (χ0n) is 9.95. The number of nitrogens with one attached hydrogen (secondary N) is 2. The molecule has 0 spiro atoms. The van der Waals surface area contributed by atoms with E-state index < -0.39 is 6.10 Å². The van der Waals surface area contributed by atoms with Crippen LogP contribution in [0.2, 0.25) is 0 Å². The zero-order valence-corrected chi connectivity index (χ0v) is 9.95. The van der Waals surface area contributed by atoms with Gasteiger partial charge in [-0.2, -0.15) is 0 Å². The van der Waals surface area contributed by atoms with Gasteiger partial charge in [-0.1, -0.05) is 20.8 Å². The van der Waals surface area contributed by atoms with Crippen molar-refractivity contribution in [1.82, 2.24) is 9.97 Å². The van der Waals surface area contributed by atoms with Crippen LogP contribution in [0.4, 0.5) is 5.82 Å². The molecule has 16 heavy (non-hydrogen) atoms. The minimum Gasteiger partial charge on any atom is -0.391 e. The predicted molar refractivity (Wildman–Crippen MR) is 63.4 cm³/mol. The van der Waals surface area contributed by atoms with Crippen molar-refractivity contribution in [1.29, 1.82) is 0 Å². The van der Waals surface area contributed by atoms with E-state index in [1.165, 1.54) is 12.4 Å². The van der Waals surface area contributed by atoms with Crippen molar-refractivity contribution in [3.63, 3.8) is 0 Å². The van der Waals surface area contributed by atoms with E-state index in [2.05, 4.69) is 36.1 Å². The summed E-state index contributed by atoms with van der Waals surface area (Å²) in [7, 11) is 0. The SMILES string of the molecule is CC(C)(C)CC(O)CNc1ncc[nH]c1=O. The summed E-state index contributed by atoms with van der Waals surface area (Å²) in [6.07, 6.45) is 3.16. The van der Waals surface area contributed by atoms with E-state index >= 15 is 0 Å². The van der Waals surface area contributed by atoms with Gasteiger partial charge in [0.1, 0.15) is 0 Å². The highest BCUT2D eigenvalue weighted by Crippen LogP contribution is 2.20. The van der Waals surface area contributed by atoms with Crippen LogP contribution in [0.25, 0.3) is 0 Å². The average Bonchev–Trinajstić information content (AvgIpc) is 2.14. The Bertz CT molecular complexity index is 381. The number of aliphatic hydroxyl groups is 1. The number of hydrogen-bond acceptors (Lipinski definition) is 4.